The van der Waals surface area contributed by atoms with Crippen molar-refractivity contribution in [3.05, 3.63) is 36.0 Å². The molecule has 2 aromatic heterocycles. The minimum atomic E-state index is -0.659. The molecule has 8 nitrogen and oxygen atoms in total. The van der Waals surface area contributed by atoms with E-state index in [0.717, 1.165) is 12.8 Å². The maximum atomic E-state index is 13.3. The number of nitrogens with one attached hydrogen (secondary N) is 1. The zero-order valence-electron chi connectivity index (χ0n) is 14.2. The smallest absolute Gasteiger partial charge is 0.254 e. The molecule has 0 radical (unpaired) electrons. The van der Waals surface area contributed by atoms with Crippen molar-refractivity contribution in [1.82, 2.24) is 14.8 Å². The number of rotatable bonds is 5. The van der Waals surface area contributed by atoms with Crippen molar-refractivity contribution < 1.29 is 9.18 Å². The van der Waals surface area contributed by atoms with Crippen molar-refractivity contribution in [1.29, 1.82) is 5.26 Å². The molecule has 3 rings (SSSR count). The van der Waals surface area contributed by atoms with E-state index in [0.29, 0.717) is 18.5 Å². The number of carbonyl (C=O) groups is 1. The van der Waals surface area contributed by atoms with Crippen molar-refractivity contribution in [2.24, 2.45) is 11.5 Å². The summed E-state index contributed by atoms with van der Waals surface area (Å²) in [6.07, 6.45) is 6.02. The maximum Gasteiger partial charge on any atom is 0.254 e. The Morgan fingerprint density at radius 3 is 2.85 bits per heavy atom. The molecule has 0 spiro atoms. The van der Waals surface area contributed by atoms with E-state index in [1.165, 1.54) is 12.3 Å². The number of anilines is 2. The number of amides is 1. The SMILES string of the molecule is N#CC[C@]1(n2cc(C(N)=O)c(Nc3ccnc(F)c3)n2)CC[C@H](N)CC1. The molecule has 0 aromatic carbocycles. The van der Waals surface area contributed by atoms with Crippen LogP contribution in [0, 0.1) is 17.3 Å². The third-order valence-corrected chi connectivity index (χ3v) is 4.82. The monoisotopic (exact) mass is 357 g/mol. The van der Waals surface area contributed by atoms with Crippen molar-refractivity contribution >= 4 is 17.4 Å². The quantitative estimate of drug-likeness (QED) is 0.698. The highest BCUT2D eigenvalue weighted by Crippen LogP contribution is 2.38. The van der Waals surface area contributed by atoms with Crippen molar-refractivity contribution in [2.45, 2.75) is 43.7 Å². The van der Waals surface area contributed by atoms with Gasteiger partial charge in [-0.1, -0.05) is 0 Å². The first-order chi connectivity index (χ1) is 12.4. The summed E-state index contributed by atoms with van der Waals surface area (Å²) in [6.45, 7) is 0. The molecule has 0 bridgehead atoms. The number of pyridine rings is 1. The topological polar surface area (TPSA) is 136 Å². The van der Waals surface area contributed by atoms with Crippen LogP contribution in [0.5, 0.6) is 0 Å². The summed E-state index contributed by atoms with van der Waals surface area (Å²) in [4.78, 5) is 15.3. The molecule has 0 saturated heterocycles. The summed E-state index contributed by atoms with van der Waals surface area (Å²) >= 11 is 0. The Bertz CT molecular complexity index is 849. The molecule has 0 unspecified atom stereocenters. The van der Waals surface area contributed by atoms with E-state index in [-0.39, 0.29) is 23.8 Å². The zero-order valence-corrected chi connectivity index (χ0v) is 14.2. The number of primary amides is 1. The van der Waals surface area contributed by atoms with Gasteiger partial charge >= 0.3 is 0 Å². The van der Waals surface area contributed by atoms with Gasteiger partial charge in [0.25, 0.3) is 5.91 Å². The van der Waals surface area contributed by atoms with Crippen LogP contribution in [0.2, 0.25) is 0 Å². The molecular formula is C17H20FN7O. The highest BCUT2D eigenvalue weighted by atomic mass is 19.1. The summed E-state index contributed by atoms with van der Waals surface area (Å²) in [5.74, 6) is -1.10. The Labute approximate surface area is 150 Å². The third-order valence-electron chi connectivity index (χ3n) is 4.82. The van der Waals surface area contributed by atoms with Gasteiger partial charge in [-0.3, -0.25) is 9.48 Å². The summed E-state index contributed by atoms with van der Waals surface area (Å²) in [5, 5.41) is 16.7. The zero-order chi connectivity index (χ0) is 18.7. The van der Waals surface area contributed by atoms with Crippen LogP contribution in [-0.4, -0.2) is 26.7 Å². The number of nitriles is 1. The molecule has 2 heterocycles. The Kier molecular flexibility index (Phi) is 4.86. The number of nitrogens with zero attached hydrogens (tertiary/aromatic N) is 4. The number of hydrogen-bond acceptors (Lipinski definition) is 6. The van der Waals surface area contributed by atoms with Crippen molar-refractivity contribution in [2.75, 3.05) is 5.32 Å². The lowest BCUT2D eigenvalue weighted by molar-refractivity contribution is 0.1000. The predicted octanol–water partition coefficient (Wildman–Crippen LogP) is 1.77. The third kappa shape index (κ3) is 3.50. The van der Waals surface area contributed by atoms with Crippen molar-refractivity contribution in [3.8, 4) is 6.07 Å². The van der Waals surface area contributed by atoms with E-state index in [2.05, 4.69) is 21.5 Å². The van der Waals surface area contributed by atoms with Crippen LogP contribution in [0.4, 0.5) is 15.9 Å². The Hall–Kier alpha value is -2.99. The molecule has 26 heavy (non-hydrogen) atoms. The van der Waals surface area contributed by atoms with Gasteiger partial charge in [0.05, 0.1) is 18.0 Å². The standard InChI is InChI=1S/C17H20FN7O/c18-14-9-12(3-8-22-14)23-16-13(15(21)26)10-25(24-16)17(6-7-19)4-1-11(20)2-5-17/h3,8-11H,1-2,4-6,20H2,(H2,21,26)(H,22,23,24)/t11-,17-. The van der Waals surface area contributed by atoms with Crippen molar-refractivity contribution in [3.63, 3.8) is 0 Å². The Morgan fingerprint density at radius 1 is 1.50 bits per heavy atom. The van der Waals surface area contributed by atoms with Crippen LogP contribution >= 0.6 is 0 Å². The highest BCUT2D eigenvalue weighted by Gasteiger charge is 2.38. The van der Waals surface area contributed by atoms with E-state index in [1.807, 2.05) is 0 Å². The molecule has 1 fully saturated rings. The van der Waals surface area contributed by atoms with Gasteiger partial charge in [0, 0.05) is 30.2 Å². The number of nitrogens with two attached hydrogens (primary N) is 2. The van der Waals surface area contributed by atoms with Gasteiger partial charge in [0.1, 0.15) is 5.56 Å². The minimum Gasteiger partial charge on any atom is -0.365 e. The van der Waals surface area contributed by atoms with E-state index in [1.54, 1.807) is 16.9 Å². The summed E-state index contributed by atoms with van der Waals surface area (Å²) in [5.41, 5.74) is 11.5. The van der Waals surface area contributed by atoms with Crippen LogP contribution in [0.15, 0.2) is 24.5 Å². The van der Waals surface area contributed by atoms with Gasteiger partial charge in [-0.25, -0.2) is 4.98 Å². The first kappa shape index (κ1) is 17.8. The molecule has 9 heteroatoms. The molecule has 2 aromatic rings. The van der Waals surface area contributed by atoms with Gasteiger partial charge in [-0.2, -0.15) is 14.8 Å². The first-order valence-corrected chi connectivity index (χ1v) is 8.34. The molecule has 1 aliphatic rings. The normalized spacial score (nSPS) is 22.6. The minimum absolute atomic E-state index is 0.102. The number of aromatic nitrogens is 3. The van der Waals surface area contributed by atoms with Gasteiger partial charge in [0.2, 0.25) is 5.95 Å². The summed E-state index contributed by atoms with van der Waals surface area (Å²) in [7, 11) is 0. The first-order valence-electron chi connectivity index (χ1n) is 8.34. The average Bonchev–Trinajstić information content (AvgIpc) is 3.02. The van der Waals surface area contributed by atoms with Crippen LogP contribution in [0.1, 0.15) is 42.5 Å². The van der Waals surface area contributed by atoms with Crippen LogP contribution in [-0.2, 0) is 5.54 Å². The van der Waals surface area contributed by atoms with Crippen LogP contribution < -0.4 is 16.8 Å². The molecule has 0 atom stereocenters. The molecule has 5 N–H and O–H groups in total. The maximum absolute atomic E-state index is 13.3. The Morgan fingerprint density at radius 2 is 2.23 bits per heavy atom. The van der Waals surface area contributed by atoms with E-state index < -0.39 is 17.4 Å². The molecule has 0 aliphatic heterocycles. The fraction of sp³-hybridized carbons (Fsp3) is 0.412. The lowest BCUT2D eigenvalue weighted by Crippen LogP contribution is -2.41. The van der Waals surface area contributed by atoms with Gasteiger partial charge in [-0.15, -0.1) is 0 Å². The largest absolute Gasteiger partial charge is 0.365 e. The lowest BCUT2D eigenvalue weighted by Gasteiger charge is -2.38. The second-order valence-corrected chi connectivity index (χ2v) is 6.59. The molecule has 136 valence electrons. The Balaban J connectivity index is 1.98. The number of carbonyl (C=O) groups excluding carboxylic acids is 1. The molecule has 1 amide bonds. The predicted molar refractivity (Wildman–Crippen MR) is 92.9 cm³/mol. The second-order valence-electron chi connectivity index (χ2n) is 6.59. The summed E-state index contributed by atoms with van der Waals surface area (Å²) < 4.78 is 14.9. The van der Waals surface area contributed by atoms with Gasteiger partial charge in [0.15, 0.2) is 5.82 Å². The number of hydrogen-bond donors (Lipinski definition) is 3. The second kappa shape index (κ2) is 7.09. The molecule has 1 aliphatic carbocycles. The fourth-order valence-corrected chi connectivity index (χ4v) is 3.32. The molecular weight excluding hydrogens is 337 g/mol. The average molecular weight is 357 g/mol. The number of halogens is 1. The van der Waals surface area contributed by atoms with Gasteiger partial charge < -0.3 is 16.8 Å². The lowest BCUT2D eigenvalue weighted by atomic mass is 9.78. The fourth-order valence-electron chi connectivity index (χ4n) is 3.32. The highest BCUT2D eigenvalue weighted by molar-refractivity contribution is 5.98. The van der Waals surface area contributed by atoms with Gasteiger partial charge in [-0.05, 0) is 31.7 Å². The summed E-state index contributed by atoms with van der Waals surface area (Å²) in [6, 6.07) is 5.05. The van der Waals surface area contributed by atoms with Crippen LogP contribution in [0.3, 0.4) is 0 Å². The van der Waals surface area contributed by atoms with E-state index in [4.69, 9.17) is 11.5 Å². The van der Waals surface area contributed by atoms with E-state index >= 15 is 0 Å². The molecule has 1 saturated carbocycles. The van der Waals surface area contributed by atoms with Crippen LogP contribution in [0.25, 0.3) is 0 Å². The van der Waals surface area contributed by atoms with E-state index in [9.17, 15) is 14.4 Å².